The van der Waals surface area contributed by atoms with Crippen LogP contribution >= 0.6 is 0 Å². The lowest BCUT2D eigenvalue weighted by molar-refractivity contribution is 0.653. The number of fused-ring (bicyclic) bond motifs is 3. The summed E-state index contributed by atoms with van der Waals surface area (Å²) in [6, 6.07) is 21.1. The van der Waals surface area contributed by atoms with Crippen LogP contribution in [0.2, 0.25) is 0 Å². The molecule has 3 heteroatoms. The Morgan fingerprint density at radius 2 is 1.54 bits per heavy atom. The van der Waals surface area contributed by atoms with E-state index in [-0.39, 0.29) is 17.0 Å². The second-order valence-corrected chi connectivity index (χ2v) is 9.75. The van der Waals surface area contributed by atoms with Gasteiger partial charge in [0.1, 0.15) is 5.58 Å². The Labute approximate surface area is 226 Å². The normalized spacial score (nSPS) is 14.6. The number of hydrogen-bond acceptors (Lipinski definition) is 3. The maximum atomic E-state index is 8.26. The van der Waals surface area contributed by atoms with Gasteiger partial charge in [-0.2, -0.15) is 0 Å². The van der Waals surface area contributed by atoms with Crippen LogP contribution in [0.15, 0.2) is 77.3 Å². The van der Waals surface area contributed by atoms with E-state index in [1.165, 1.54) is 34.5 Å². The van der Waals surface area contributed by atoms with Crippen molar-refractivity contribution in [2.45, 2.75) is 41.4 Å². The van der Waals surface area contributed by atoms with E-state index in [9.17, 15) is 0 Å². The lowest BCUT2D eigenvalue weighted by Gasteiger charge is -2.16. The standard InChI is InChI=1S/C34H30N2O/c1-19-14-21(3)32(22(4)15-19)25-11-13-26(20(2)16-25)30-17-31(35-18-23(30)5)29-9-7-8-27-28-12-10-24(6)36-34(28)37-33(27)29/h7-18H,1-6H3/i5D3,6D3. The molecule has 0 unspecified atom stereocenters. The first kappa shape index (κ1) is 17.3. The number of hydrogen-bond donors (Lipinski definition) is 0. The third-order valence-corrected chi connectivity index (χ3v) is 7.03. The number of aryl methyl sites for hydroxylation is 6. The molecule has 6 rings (SSSR count). The monoisotopic (exact) mass is 488 g/mol. The van der Waals surface area contributed by atoms with E-state index >= 15 is 0 Å². The zero-order valence-corrected chi connectivity index (χ0v) is 21.2. The molecule has 0 N–H and O–H groups in total. The highest BCUT2D eigenvalue weighted by Crippen LogP contribution is 2.38. The molecule has 0 fully saturated rings. The fraction of sp³-hybridized carbons (Fsp3) is 0.176. The first-order chi connectivity index (χ1) is 20.2. The van der Waals surface area contributed by atoms with E-state index in [1.54, 1.807) is 12.1 Å². The first-order valence-electron chi connectivity index (χ1n) is 15.3. The zero-order chi connectivity index (χ0) is 30.8. The number of rotatable bonds is 3. The van der Waals surface area contributed by atoms with Crippen molar-refractivity contribution in [1.29, 1.82) is 0 Å². The smallest absolute Gasteiger partial charge is 0.227 e. The van der Waals surface area contributed by atoms with E-state index in [0.29, 0.717) is 27.8 Å². The van der Waals surface area contributed by atoms with E-state index in [1.807, 2.05) is 37.3 Å². The number of nitrogens with zero attached hydrogens (tertiary/aromatic N) is 2. The topological polar surface area (TPSA) is 38.9 Å². The molecular weight excluding hydrogens is 452 g/mol. The molecule has 3 aromatic carbocycles. The van der Waals surface area contributed by atoms with Crippen LogP contribution in [0, 0.1) is 41.4 Å². The molecular formula is C34H30N2O. The molecule has 0 aliphatic carbocycles. The molecule has 0 aliphatic heterocycles. The third kappa shape index (κ3) is 3.92. The van der Waals surface area contributed by atoms with Crippen molar-refractivity contribution in [2.24, 2.45) is 0 Å². The highest BCUT2D eigenvalue weighted by Gasteiger charge is 2.16. The van der Waals surface area contributed by atoms with Gasteiger partial charge < -0.3 is 4.42 Å². The fourth-order valence-electron chi connectivity index (χ4n) is 5.46. The fourth-order valence-corrected chi connectivity index (χ4v) is 5.46. The Morgan fingerprint density at radius 1 is 0.703 bits per heavy atom. The van der Waals surface area contributed by atoms with Gasteiger partial charge in [0.15, 0.2) is 0 Å². The Bertz CT molecular complexity index is 2030. The third-order valence-electron chi connectivity index (χ3n) is 7.03. The molecule has 0 radical (unpaired) electrons. The van der Waals surface area contributed by atoms with E-state index in [4.69, 9.17) is 12.6 Å². The van der Waals surface area contributed by atoms with Crippen molar-refractivity contribution >= 4 is 22.1 Å². The van der Waals surface area contributed by atoms with Crippen molar-refractivity contribution in [1.82, 2.24) is 9.97 Å². The van der Waals surface area contributed by atoms with Gasteiger partial charge in [-0.05, 0) is 110 Å². The van der Waals surface area contributed by atoms with Crippen molar-refractivity contribution in [3.8, 4) is 33.5 Å². The van der Waals surface area contributed by atoms with Crippen LogP contribution in [0.4, 0.5) is 0 Å². The lowest BCUT2D eigenvalue weighted by Crippen LogP contribution is -1.94. The number of pyridine rings is 2. The summed E-state index contributed by atoms with van der Waals surface area (Å²) in [5.41, 5.74) is 10.2. The van der Waals surface area contributed by atoms with Gasteiger partial charge in [-0.25, -0.2) is 4.98 Å². The average Bonchev–Trinajstić information content (AvgIpc) is 3.29. The summed E-state index contributed by atoms with van der Waals surface area (Å²) in [5, 5.41) is 1.46. The van der Waals surface area contributed by atoms with E-state index in [0.717, 1.165) is 22.1 Å². The first-order valence-corrected chi connectivity index (χ1v) is 12.3. The lowest BCUT2D eigenvalue weighted by atomic mass is 9.89. The average molecular weight is 489 g/mol. The van der Waals surface area contributed by atoms with Gasteiger partial charge in [-0.15, -0.1) is 0 Å². The summed E-state index contributed by atoms with van der Waals surface area (Å²) < 4.78 is 54.0. The van der Waals surface area contributed by atoms with Crippen LogP contribution < -0.4 is 0 Å². The van der Waals surface area contributed by atoms with Crippen LogP contribution in [-0.2, 0) is 0 Å². The minimum Gasteiger partial charge on any atom is -0.437 e. The predicted molar refractivity (Wildman–Crippen MR) is 154 cm³/mol. The summed E-state index contributed by atoms with van der Waals surface area (Å²) in [6.45, 7) is 3.57. The van der Waals surface area contributed by atoms with Crippen molar-refractivity contribution in [2.75, 3.05) is 0 Å². The molecule has 37 heavy (non-hydrogen) atoms. The summed E-state index contributed by atoms with van der Waals surface area (Å²) in [6.07, 6.45) is 1.42. The Morgan fingerprint density at radius 3 is 2.30 bits per heavy atom. The van der Waals surface area contributed by atoms with Gasteiger partial charge in [-0.3, -0.25) is 4.98 Å². The Kier molecular flexibility index (Phi) is 4.06. The molecule has 0 atom stereocenters. The van der Waals surface area contributed by atoms with Crippen LogP contribution in [-0.4, -0.2) is 9.97 Å². The zero-order valence-electron chi connectivity index (χ0n) is 27.2. The molecule has 3 nitrogen and oxygen atoms in total. The number of benzene rings is 3. The van der Waals surface area contributed by atoms with E-state index in [2.05, 4.69) is 48.9 Å². The number of furan rings is 1. The van der Waals surface area contributed by atoms with Crippen LogP contribution in [0.1, 0.15) is 41.7 Å². The van der Waals surface area contributed by atoms with E-state index < -0.39 is 13.7 Å². The van der Waals surface area contributed by atoms with Gasteiger partial charge in [0, 0.05) is 36.5 Å². The van der Waals surface area contributed by atoms with Crippen molar-refractivity contribution in [3.05, 3.63) is 106 Å². The molecule has 0 bridgehead atoms. The molecule has 6 aromatic rings. The van der Waals surface area contributed by atoms with Gasteiger partial charge in [0.05, 0.1) is 5.69 Å². The van der Waals surface area contributed by atoms with Gasteiger partial charge in [0.25, 0.3) is 0 Å². The maximum Gasteiger partial charge on any atom is 0.227 e. The largest absolute Gasteiger partial charge is 0.437 e. The van der Waals surface area contributed by atoms with Crippen LogP contribution in [0.5, 0.6) is 0 Å². The van der Waals surface area contributed by atoms with Gasteiger partial charge in [0.2, 0.25) is 5.71 Å². The molecule has 3 aromatic heterocycles. The van der Waals surface area contributed by atoms with Crippen LogP contribution in [0.3, 0.4) is 0 Å². The van der Waals surface area contributed by atoms with Crippen molar-refractivity contribution in [3.63, 3.8) is 0 Å². The Hall–Kier alpha value is -4.24. The second-order valence-electron chi connectivity index (χ2n) is 9.75. The minimum atomic E-state index is -2.38. The SMILES string of the molecule is [2H]C([2H])([2H])c1ccc2c(n1)oc1c(-c3cc(-c4ccc(-c5c(C)cc(C)cc5C)cc4C)c(C([2H])([2H])[2H])cn3)cccc12. The molecule has 0 saturated carbocycles. The second kappa shape index (κ2) is 8.70. The Balaban J connectivity index is 1.52. The summed E-state index contributed by atoms with van der Waals surface area (Å²) in [5.74, 6) is 0. The molecule has 0 saturated heterocycles. The molecule has 0 spiro atoms. The molecule has 3 heterocycles. The molecule has 0 aliphatic rings. The maximum absolute atomic E-state index is 8.26. The predicted octanol–water partition coefficient (Wildman–Crippen LogP) is 9.23. The van der Waals surface area contributed by atoms with Crippen LogP contribution in [0.25, 0.3) is 55.6 Å². The summed E-state index contributed by atoms with van der Waals surface area (Å²) in [4.78, 5) is 8.84. The van der Waals surface area contributed by atoms with Crippen molar-refractivity contribution < 1.29 is 12.6 Å². The molecule has 0 amide bonds. The van der Waals surface area contributed by atoms with Gasteiger partial charge in [-0.1, -0.05) is 48.0 Å². The number of aromatic nitrogens is 2. The summed E-state index contributed by atoms with van der Waals surface area (Å²) in [7, 11) is 0. The highest BCUT2D eigenvalue weighted by atomic mass is 16.3. The highest BCUT2D eigenvalue weighted by molar-refractivity contribution is 6.08. The summed E-state index contributed by atoms with van der Waals surface area (Å²) >= 11 is 0. The number of para-hydroxylation sites is 1. The van der Waals surface area contributed by atoms with Gasteiger partial charge >= 0.3 is 0 Å². The molecule has 182 valence electrons. The quantitative estimate of drug-likeness (QED) is 0.249. The minimum absolute atomic E-state index is 0.0435.